The van der Waals surface area contributed by atoms with Gasteiger partial charge in [0.25, 0.3) is 0 Å². The minimum absolute atomic E-state index is 0.0475. The minimum Gasteiger partial charge on any atom is -0.497 e. The number of benzene rings is 1. The van der Waals surface area contributed by atoms with Gasteiger partial charge in [-0.05, 0) is 37.2 Å². The Morgan fingerprint density at radius 3 is 2.63 bits per heavy atom. The molecule has 1 aromatic carbocycles. The standard InChI is InChI=1S/C22H30N4O4/c1-29-19-10-18(11-20(12-19)30-2)25-21(27)7-5-16-4-3-9-26(15-16)22(28)8-6-17-13-23-24-14-17/h10-14,16H,3-9,15H2,1-2H3,(H,23,24)(H,25,27)/t16-/m0/s1. The quantitative estimate of drug-likeness (QED) is 0.657. The molecule has 1 aliphatic rings. The van der Waals surface area contributed by atoms with E-state index in [1.54, 1.807) is 38.6 Å². The molecule has 3 rings (SSSR count). The molecule has 0 unspecified atom stereocenters. The molecule has 2 heterocycles. The van der Waals surface area contributed by atoms with Crippen LogP contribution in [0.3, 0.4) is 0 Å². The van der Waals surface area contributed by atoms with Gasteiger partial charge < -0.3 is 19.7 Å². The van der Waals surface area contributed by atoms with Crippen molar-refractivity contribution in [3.8, 4) is 11.5 Å². The summed E-state index contributed by atoms with van der Waals surface area (Å²) >= 11 is 0. The lowest BCUT2D eigenvalue weighted by molar-refractivity contribution is -0.133. The van der Waals surface area contributed by atoms with Crippen molar-refractivity contribution < 1.29 is 19.1 Å². The zero-order valence-corrected chi connectivity index (χ0v) is 17.6. The molecule has 2 aromatic rings. The van der Waals surface area contributed by atoms with Crippen LogP contribution in [0.25, 0.3) is 0 Å². The Balaban J connectivity index is 1.44. The normalized spacial score (nSPS) is 16.2. The van der Waals surface area contributed by atoms with Crippen molar-refractivity contribution in [1.29, 1.82) is 0 Å². The number of piperidine rings is 1. The number of carbonyl (C=O) groups excluding carboxylic acids is 2. The number of aromatic amines is 1. The van der Waals surface area contributed by atoms with Gasteiger partial charge in [-0.15, -0.1) is 0 Å². The average molecular weight is 415 g/mol. The van der Waals surface area contributed by atoms with Crippen molar-refractivity contribution in [3.05, 3.63) is 36.2 Å². The summed E-state index contributed by atoms with van der Waals surface area (Å²) in [5.74, 6) is 1.73. The van der Waals surface area contributed by atoms with Crippen molar-refractivity contribution in [3.63, 3.8) is 0 Å². The van der Waals surface area contributed by atoms with Gasteiger partial charge in [0, 0.05) is 56.0 Å². The fourth-order valence-corrected chi connectivity index (χ4v) is 3.79. The minimum atomic E-state index is -0.0475. The van der Waals surface area contributed by atoms with E-state index in [9.17, 15) is 9.59 Å². The van der Waals surface area contributed by atoms with Crippen LogP contribution in [-0.4, -0.2) is 54.2 Å². The number of likely N-dealkylation sites (tertiary alicyclic amines) is 1. The number of aryl methyl sites for hydroxylation is 1. The monoisotopic (exact) mass is 414 g/mol. The molecule has 1 fully saturated rings. The molecule has 162 valence electrons. The van der Waals surface area contributed by atoms with Crippen LogP contribution in [0.1, 0.15) is 37.7 Å². The maximum Gasteiger partial charge on any atom is 0.224 e. The zero-order valence-electron chi connectivity index (χ0n) is 17.6. The lowest BCUT2D eigenvalue weighted by atomic mass is 9.93. The molecule has 0 radical (unpaired) electrons. The van der Waals surface area contributed by atoms with E-state index < -0.39 is 0 Å². The molecule has 8 heteroatoms. The highest BCUT2D eigenvalue weighted by atomic mass is 16.5. The van der Waals surface area contributed by atoms with Crippen LogP contribution in [-0.2, 0) is 16.0 Å². The molecule has 0 aliphatic carbocycles. The summed E-state index contributed by atoms with van der Waals surface area (Å²) < 4.78 is 10.5. The number of aromatic nitrogens is 2. The van der Waals surface area contributed by atoms with Crippen LogP contribution in [0.4, 0.5) is 5.69 Å². The summed E-state index contributed by atoms with van der Waals surface area (Å²) in [7, 11) is 3.15. The van der Waals surface area contributed by atoms with Gasteiger partial charge in [0.05, 0.1) is 20.4 Å². The highest BCUT2D eigenvalue weighted by Gasteiger charge is 2.24. The third-order valence-corrected chi connectivity index (χ3v) is 5.47. The number of methoxy groups -OCH3 is 2. The van der Waals surface area contributed by atoms with Crippen LogP contribution in [0.2, 0.25) is 0 Å². The number of ether oxygens (including phenoxy) is 2. The molecule has 2 amide bonds. The number of hydrogen-bond acceptors (Lipinski definition) is 5. The largest absolute Gasteiger partial charge is 0.497 e. The molecule has 2 N–H and O–H groups in total. The van der Waals surface area contributed by atoms with E-state index in [2.05, 4.69) is 15.5 Å². The maximum atomic E-state index is 12.5. The molecule has 0 spiro atoms. The number of rotatable bonds is 9. The number of amides is 2. The number of anilines is 1. The van der Waals surface area contributed by atoms with Gasteiger partial charge in [-0.2, -0.15) is 5.10 Å². The van der Waals surface area contributed by atoms with Crippen molar-refractivity contribution in [2.24, 2.45) is 5.92 Å². The van der Waals surface area contributed by atoms with Gasteiger partial charge in [-0.1, -0.05) is 0 Å². The van der Waals surface area contributed by atoms with Gasteiger partial charge in [0.1, 0.15) is 11.5 Å². The predicted octanol–water partition coefficient (Wildman–Crippen LogP) is 3.02. The van der Waals surface area contributed by atoms with Gasteiger partial charge in [-0.25, -0.2) is 0 Å². The van der Waals surface area contributed by atoms with Gasteiger partial charge in [0.15, 0.2) is 0 Å². The molecule has 8 nitrogen and oxygen atoms in total. The van der Waals surface area contributed by atoms with Gasteiger partial charge in [-0.3, -0.25) is 14.7 Å². The van der Waals surface area contributed by atoms with E-state index in [1.807, 2.05) is 11.1 Å². The van der Waals surface area contributed by atoms with E-state index in [1.165, 1.54) is 0 Å². The SMILES string of the molecule is COc1cc(NC(=O)CC[C@@H]2CCCN(C(=O)CCc3cn[nH]c3)C2)cc(OC)c1. The summed E-state index contributed by atoms with van der Waals surface area (Å²) in [6.07, 6.45) is 7.97. The van der Waals surface area contributed by atoms with Crippen molar-refractivity contribution >= 4 is 17.5 Å². The van der Waals surface area contributed by atoms with E-state index in [4.69, 9.17) is 9.47 Å². The van der Waals surface area contributed by atoms with Crippen LogP contribution in [0, 0.1) is 5.92 Å². The second kappa shape index (κ2) is 10.7. The summed E-state index contributed by atoms with van der Waals surface area (Å²) in [4.78, 5) is 26.9. The summed E-state index contributed by atoms with van der Waals surface area (Å²) in [6.45, 7) is 1.53. The maximum absolute atomic E-state index is 12.5. The number of nitrogens with zero attached hydrogens (tertiary/aromatic N) is 2. The molecule has 1 atom stereocenters. The first-order valence-electron chi connectivity index (χ1n) is 10.4. The second-order valence-electron chi connectivity index (χ2n) is 7.64. The molecule has 1 aromatic heterocycles. The Kier molecular flexibility index (Phi) is 7.70. The molecular weight excluding hydrogens is 384 g/mol. The van der Waals surface area contributed by atoms with E-state index in [0.717, 1.165) is 37.9 Å². The molecule has 1 aliphatic heterocycles. The molecule has 0 saturated carbocycles. The fraction of sp³-hybridized carbons (Fsp3) is 0.500. The first-order valence-corrected chi connectivity index (χ1v) is 10.4. The molecule has 30 heavy (non-hydrogen) atoms. The van der Waals surface area contributed by atoms with Gasteiger partial charge >= 0.3 is 0 Å². The Morgan fingerprint density at radius 1 is 1.20 bits per heavy atom. The van der Waals surface area contributed by atoms with E-state index in [0.29, 0.717) is 42.4 Å². The smallest absolute Gasteiger partial charge is 0.224 e. The van der Waals surface area contributed by atoms with Crippen LogP contribution in [0.5, 0.6) is 11.5 Å². The first-order chi connectivity index (χ1) is 14.6. The molecular formula is C22H30N4O4. The highest BCUT2D eigenvalue weighted by molar-refractivity contribution is 5.91. The number of carbonyl (C=O) groups is 2. The number of nitrogens with one attached hydrogen (secondary N) is 2. The highest BCUT2D eigenvalue weighted by Crippen LogP contribution is 2.26. The fourth-order valence-electron chi connectivity index (χ4n) is 3.79. The molecule has 0 bridgehead atoms. The van der Waals surface area contributed by atoms with Crippen LogP contribution < -0.4 is 14.8 Å². The summed E-state index contributed by atoms with van der Waals surface area (Å²) in [6, 6.07) is 5.29. The third kappa shape index (κ3) is 6.23. The number of H-pyrrole nitrogens is 1. The molecule has 1 saturated heterocycles. The van der Waals surface area contributed by atoms with Gasteiger partial charge in [0.2, 0.25) is 11.8 Å². The van der Waals surface area contributed by atoms with Crippen molar-refractivity contribution in [2.75, 3.05) is 32.6 Å². The predicted molar refractivity (Wildman–Crippen MR) is 114 cm³/mol. The van der Waals surface area contributed by atoms with Crippen LogP contribution >= 0.6 is 0 Å². The first kappa shape index (κ1) is 21.7. The lowest BCUT2D eigenvalue weighted by Gasteiger charge is -2.33. The average Bonchev–Trinajstić information content (AvgIpc) is 3.29. The summed E-state index contributed by atoms with van der Waals surface area (Å²) in [5, 5.41) is 9.60. The lowest BCUT2D eigenvalue weighted by Crippen LogP contribution is -2.40. The number of hydrogen-bond donors (Lipinski definition) is 2. The Morgan fingerprint density at radius 2 is 1.97 bits per heavy atom. The van der Waals surface area contributed by atoms with E-state index in [-0.39, 0.29) is 11.8 Å². The van der Waals surface area contributed by atoms with E-state index >= 15 is 0 Å². The van der Waals surface area contributed by atoms with Crippen molar-refractivity contribution in [2.45, 2.75) is 38.5 Å². The third-order valence-electron chi connectivity index (χ3n) is 5.47. The van der Waals surface area contributed by atoms with Crippen molar-refractivity contribution in [1.82, 2.24) is 15.1 Å². The summed E-state index contributed by atoms with van der Waals surface area (Å²) in [5.41, 5.74) is 1.69. The topological polar surface area (TPSA) is 96.5 Å². The Bertz CT molecular complexity index is 815. The van der Waals surface area contributed by atoms with Crippen LogP contribution in [0.15, 0.2) is 30.6 Å². The Labute approximate surface area is 176 Å². The Hall–Kier alpha value is -3.03. The second-order valence-corrected chi connectivity index (χ2v) is 7.64. The zero-order chi connectivity index (χ0) is 21.3.